The van der Waals surface area contributed by atoms with Gasteiger partial charge in [0.05, 0.1) is 18.9 Å². The molecule has 3 rings (SSSR count). The Bertz CT molecular complexity index is 681. The van der Waals surface area contributed by atoms with Crippen molar-refractivity contribution >= 4 is 5.96 Å². The Morgan fingerprint density at radius 2 is 1.85 bits per heavy atom. The van der Waals surface area contributed by atoms with Crippen molar-refractivity contribution in [3.05, 3.63) is 60.1 Å². The number of rotatable bonds is 8. The van der Waals surface area contributed by atoms with Gasteiger partial charge in [-0.3, -0.25) is 9.89 Å². The van der Waals surface area contributed by atoms with Crippen LogP contribution in [0.5, 0.6) is 0 Å². The van der Waals surface area contributed by atoms with Gasteiger partial charge in [0, 0.05) is 26.1 Å². The van der Waals surface area contributed by atoms with E-state index in [1.165, 1.54) is 12.8 Å². The van der Waals surface area contributed by atoms with E-state index in [-0.39, 0.29) is 18.6 Å². The monoisotopic (exact) mass is 370 g/mol. The fourth-order valence-corrected chi connectivity index (χ4v) is 3.59. The maximum Gasteiger partial charge on any atom is 0.191 e. The van der Waals surface area contributed by atoms with Gasteiger partial charge in [0.15, 0.2) is 5.96 Å². The lowest BCUT2D eigenvalue weighted by Gasteiger charge is -2.27. The number of benzene rings is 1. The second-order valence-corrected chi connectivity index (χ2v) is 6.90. The molecule has 0 aliphatic carbocycles. The highest BCUT2D eigenvalue weighted by atomic mass is 16.3. The maximum absolute atomic E-state index is 9.73. The SMILES string of the molecule is CN=C(NCC(CO)c1ccccc1)NCC(c1ccco1)N1CCCC1. The molecule has 1 aliphatic rings. The average molecular weight is 370 g/mol. The van der Waals surface area contributed by atoms with Gasteiger partial charge in [-0.2, -0.15) is 0 Å². The van der Waals surface area contributed by atoms with Crippen LogP contribution >= 0.6 is 0 Å². The summed E-state index contributed by atoms with van der Waals surface area (Å²) in [6.45, 7) is 3.63. The molecule has 1 fully saturated rings. The fourth-order valence-electron chi connectivity index (χ4n) is 3.59. The molecule has 6 heteroatoms. The number of hydrogen-bond acceptors (Lipinski definition) is 4. The van der Waals surface area contributed by atoms with Crippen LogP contribution < -0.4 is 10.6 Å². The van der Waals surface area contributed by atoms with Crippen LogP contribution in [0.3, 0.4) is 0 Å². The summed E-state index contributed by atoms with van der Waals surface area (Å²) in [6, 6.07) is 14.2. The molecule has 0 saturated carbocycles. The summed E-state index contributed by atoms with van der Waals surface area (Å²) in [5.74, 6) is 1.75. The van der Waals surface area contributed by atoms with Crippen molar-refractivity contribution in [3.63, 3.8) is 0 Å². The molecule has 2 aromatic rings. The first-order valence-electron chi connectivity index (χ1n) is 9.69. The molecular formula is C21H30N4O2. The second kappa shape index (κ2) is 10.1. The molecule has 6 nitrogen and oxygen atoms in total. The van der Waals surface area contributed by atoms with E-state index in [0.29, 0.717) is 6.54 Å². The van der Waals surface area contributed by atoms with Crippen LogP contribution in [0.2, 0.25) is 0 Å². The summed E-state index contributed by atoms with van der Waals surface area (Å²) in [5, 5.41) is 16.5. The van der Waals surface area contributed by atoms with Crippen molar-refractivity contribution in [2.24, 2.45) is 4.99 Å². The minimum atomic E-state index is 0.0317. The summed E-state index contributed by atoms with van der Waals surface area (Å²) >= 11 is 0. The fraction of sp³-hybridized carbons (Fsp3) is 0.476. The van der Waals surface area contributed by atoms with Gasteiger partial charge in [-0.25, -0.2) is 0 Å². The molecule has 2 atom stereocenters. The Labute approximate surface area is 161 Å². The van der Waals surface area contributed by atoms with E-state index in [1.807, 2.05) is 42.5 Å². The summed E-state index contributed by atoms with van der Waals surface area (Å²) in [5.41, 5.74) is 1.12. The Morgan fingerprint density at radius 3 is 2.48 bits per heavy atom. The molecule has 0 spiro atoms. The summed E-state index contributed by atoms with van der Waals surface area (Å²) in [4.78, 5) is 6.79. The van der Waals surface area contributed by atoms with Crippen LogP contribution in [-0.4, -0.2) is 55.8 Å². The molecule has 0 radical (unpaired) electrons. The van der Waals surface area contributed by atoms with Gasteiger partial charge in [-0.15, -0.1) is 0 Å². The first kappa shape index (κ1) is 19.5. The van der Waals surface area contributed by atoms with E-state index < -0.39 is 0 Å². The number of aliphatic imine (C=N–C) groups is 1. The number of aliphatic hydroxyl groups excluding tert-OH is 1. The van der Waals surface area contributed by atoms with Crippen molar-refractivity contribution in [1.29, 1.82) is 0 Å². The number of guanidine groups is 1. The molecule has 0 amide bonds. The van der Waals surface area contributed by atoms with E-state index in [1.54, 1.807) is 13.3 Å². The van der Waals surface area contributed by atoms with E-state index in [0.717, 1.165) is 36.9 Å². The van der Waals surface area contributed by atoms with Gasteiger partial charge in [-0.1, -0.05) is 30.3 Å². The van der Waals surface area contributed by atoms with Crippen LogP contribution in [0.4, 0.5) is 0 Å². The summed E-state index contributed by atoms with van der Waals surface area (Å²) in [7, 11) is 1.77. The van der Waals surface area contributed by atoms with Gasteiger partial charge in [0.25, 0.3) is 0 Å². The van der Waals surface area contributed by atoms with Crippen molar-refractivity contribution < 1.29 is 9.52 Å². The van der Waals surface area contributed by atoms with Gasteiger partial charge < -0.3 is 20.2 Å². The van der Waals surface area contributed by atoms with E-state index >= 15 is 0 Å². The minimum absolute atomic E-state index is 0.0317. The van der Waals surface area contributed by atoms with Gasteiger partial charge in [0.1, 0.15) is 5.76 Å². The highest BCUT2D eigenvalue weighted by Crippen LogP contribution is 2.24. The van der Waals surface area contributed by atoms with Crippen molar-refractivity contribution in [2.75, 3.05) is 39.8 Å². The van der Waals surface area contributed by atoms with E-state index in [9.17, 15) is 5.11 Å². The van der Waals surface area contributed by atoms with Crippen LogP contribution in [0.15, 0.2) is 58.1 Å². The first-order chi connectivity index (χ1) is 13.3. The number of likely N-dealkylation sites (tertiary alicyclic amines) is 1. The second-order valence-electron chi connectivity index (χ2n) is 6.90. The standard InChI is InChI=1S/C21H30N4O2/c1-22-21(23-14-18(16-26)17-8-3-2-4-9-17)24-15-19(20-10-7-13-27-20)25-11-5-6-12-25/h2-4,7-10,13,18-19,26H,5-6,11-12,14-16H2,1H3,(H2,22,23,24). The lowest BCUT2D eigenvalue weighted by Crippen LogP contribution is -2.44. The highest BCUT2D eigenvalue weighted by molar-refractivity contribution is 5.79. The molecule has 1 saturated heterocycles. The molecule has 0 bridgehead atoms. The first-order valence-corrected chi connectivity index (χ1v) is 9.69. The predicted octanol–water partition coefficient (Wildman–Crippen LogP) is 2.36. The zero-order valence-corrected chi connectivity index (χ0v) is 16.0. The molecule has 1 aromatic heterocycles. The van der Waals surface area contributed by atoms with Crippen molar-refractivity contribution in [2.45, 2.75) is 24.8 Å². The zero-order chi connectivity index (χ0) is 18.9. The van der Waals surface area contributed by atoms with Crippen LogP contribution in [0, 0.1) is 0 Å². The topological polar surface area (TPSA) is 73.0 Å². The van der Waals surface area contributed by atoms with E-state index in [2.05, 4.69) is 20.5 Å². The highest BCUT2D eigenvalue weighted by Gasteiger charge is 2.25. The van der Waals surface area contributed by atoms with Crippen molar-refractivity contribution in [1.82, 2.24) is 15.5 Å². The van der Waals surface area contributed by atoms with Gasteiger partial charge in [-0.05, 0) is 43.6 Å². The summed E-state index contributed by atoms with van der Waals surface area (Å²) < 4.78 is 5.67. The summed E-state index contributed by atoms with van der Waals surface area (Å²) in [6.07, 6.45) is 4.20. The normalized spacial score (nSPS) is 17.6. The quantitative estimate of drug-likeness (QED) is 0.491. The molecule has 2 heterocycles. The third kappa shape index (κ3) is 5.34. The Morgan fingerprint density at radius 1 is 1.11 bits per heavy atom. The van der Waals surface area contributed by atoms with Gasteiger partial charge in [0.2, 0.25) is 0 Å². The smallest absolute Gasteiger partial charge is 0.191 e. The number of nitrogens with zero attached hydrogens (tertiary/aromatic N) is 2. The Hall–Kier alpha value is -2.31. The lowest BCUT2D eigenvalue weighted by molar-refractivity contribution is 0.215. The van der Waals surface area contributed by atoms with Crippen LogP contribution in [0.25, 0.3) is 0 Å². The maximum atomic E-state index is 9.73. The molecule has 1 aliphatic heterocycles. The molecule has 1 aromatic carbocycles. The molecule has 3 N–H and O–H groups in total. The Kier molecular flexibility index (Phi) is 7.30. The van der Waals surface area contributed by atoms with Crippen LogP contribution in [0.1, 0.15) is 36.1 Å². The number of hydrogen-bond donors (Lipinski definition) is 3. The number of furan rings is 1. The number of nitrogens with one attached hydrogen (secondary N) is 2. The number of aliphatic hydroxyl groups is 1. The third-order valence-corrected chi connectivity index (χ3v) is 5.15. The molecule has 27 heavy (non-hydrogen) atoms. The Balaban J connectivity index is 1.56. The predicted molar refractivity (Wildman–Crippen MR) is 108 cm³/mol. The largest absolute Gasteiger partial charge is 0.468 e. The lowest BCUT2D eigenvalue weighted by atomic mass is 10.0. The third-order valence-electron chi connectivity index (χ3n) is 5.15. The van der Waals surface area contributed by atoms with Gasteiger partial charge >= 0.3 is 0 Å². The molecular weight excluding hydrogens is 340 g/mol. The average Bonchev–Trinajstić information content (AvgIpc) is 3.42. The zero-order valence-electron chi connectivity index (χ0n) is 16.0. The minimum Gasteiger partial charge on any atom is -0.468 e. The van der Waals surface area contributed by atoms with Crippen LogP contribution in [-0.2, 0) is 0 Å². The van der Waals surface area contributed by atoms with E-state index in [4.69, 9.17) is 4.42 Å². The molecule has 2 unspecified atom stereocenters. The van der Waals surface area contributed by atoms with Crippen molar-refractivity contribution in [3.8, 4) is 0 Å². The molecule has 146 valence electrons.